The van der Waals surface area contributed by atoms with Gasteiger partial charge in [0.15, 0.2) is 0 Å². The normalized spacial score (nSPS) is 13.3. The molecule has 2 heteroatoms. The summed E-state index contributed by atoms with van der Waals surface area (Å²) in [5.41, 5.74) is 3.15. The van der Waals surface area contributed by atoms with Gasteiger partial charge in [-0.05, 0) is 34.2 Å². The maximum absolute atomic E-state index is 10.3. The summed E-state index contributed by atoms with van der Waals surface area (Å²) in [4.78, 5) is 0. The van der Waals surface area contributed by atoms with Gasteiger partial charge in [0, 0.05) is 5.02 Å². The predicted octanol–water partition coefficient (Wildman–Crippen LogP) is 4.72. The Hall–Kier alpha value is -1.31. The average molecular weight is 275 g/mol. The van der Waals surface area contributed by atoms with E-state index in [-0.39, 0.29) is 5.41 Å². The van der Waals surface area contributed by atoms with Crippen LogP contribution in [0.5, 0.6) is 0 Å². The van der Waals surface area contributed by atoms with E-state index in [1.165, 1.54) is 5.56 Å². The summed E-state index contributed by atoms with van der Waals surface area (Å²) in [6, 6.07) is 15.4. The number of hydrogen-bond acceptors (Lipinski definition) is 1. The number of aliphatic hydroxyl groups is 1. The molecule has 0 aromatic heterocycles. The molecule has 0 saturated carbocycles. The molecule has 0 fully saturated rings. The monoisotopic (exact) mass is 274 g/mol. The van der Waals surface area contributed by atoms with Crippen molar-refractivity contribution >= 4 is 11.6 Å². The third-order valence-corrected chi connectivity index (χ3v) is 3.53. The van der Waals surface area contributed by atoms with Gasteiger partial charge in [-0.25, -0.2) is 0 Å². The summed E-state index contributed by atoms with van der Waals surface area (Å²) in [6.45, 7) is 6.53. The lowest BCUT2D eigenvalue weighted by molar-refractivity contribution is 0.220. The Morgan fingerprint density at radius 2 is 1.26 bits per heavy atom. The van der Waals surface area contributed by atoms with Gasteiger partial charge in [-0.3, -0.25) is 0 Å². The van der Waals surface area contributed by atoms with Crippen molar-refractivity contribution in [3.63, 3.8) is 0 Å². The topological polar surface area (TPSA) is 20.2 Å². The van der Waals surface area contributed by atoms with Gasteiger partial charge in [-0.1, -0.05) is 68.8 Å². The zero-order valence-electron chi connectivity index (χ0n) is 11.5. The van der Waals surface area contributed by atoms with Crippen LogP contribution in [0.1, 0.15) is 43.6 Å². The summed E-state index contributed by atoms with van der Waals surface area (Å²) in [7, 11) is 0. The Labute approximate surface area is 119 Å². The van der Waals surface area contributed by atoms with Gasteiger partial charge in [-0.2, -0.15) is 0 Å². The third-order valence-electron chi connectivity index (χ3n) is 3.28. The number of halogens is 1. The third kappa shape index (κ3) is 3.37. The molecular weight excluding hydrogens is 256 g/mol. The molecule has 100 valence electrons. The van der Waals surface area contributed by atoms with Gasteiger partial charge in [0.2, 0.25) is 0 Å². The van der Waals surface area contributed by atoms with Crippen molar-refractivity contribution in [2.45, 2.75) is 32.3 Å². The second-order valence-electron chi connectivity index (χ2n) is 5.83. The van der Waals surface area contributed by atoms with Crippen LogP contribution in [-0.4, -0.2) is 5.11 Å². The van der Waals surface area contributed by atoms with Crippen LogP contribution in [0.25, 0.3) is 0 Å². The molecule has 0 radical (unpaired) electrons. The van der Waals surface area contributed by atoms with Crippen molar-refractivity contribution in [2.75, 3.05) is 0 Å². The molecule has 0 spiro atoms. The largest absolute Gasteiger partial charge is 0.384 e. The van der Waals surface area contributed by atoms with E-state index in [1.54, 1.807) is 12.1 Å². The Morgan fingerprint density at radius 3 is 1.68 bits per heavy atom. The number of benzene rings is 2. The summed E-state index contributed by atoms with van der Waals surface area (Å²) in [5.74, 6) is 0. The van der Waals surface area contributed by atoms with Crippen molar-refractivity contribution in [1.29, 1.82) is 0 Å². The van der Waals surface area contributed by atoms with Crippen molar-refractivity contribution in [2.24, 2.45) is 0 Å². The molecule has 0 unspecified atom stereocenters. The zero-order valence-corrected chi connectivity index (χ0v) is 12.3. The minimum absolute atomic E-state index is 0.129. The van der Waals surface area contributed by atoms with Crippen molar-refractivity contribution in [1.82, 2.24) is 0 Å². The Bertz CT molecular complexity index is 535. The van der Waals surface area contributed by atoms with Gasteiger partial charge in [0.25, 0.3) is 0 Å². The molecule has 0 aliphatic rings. The number of rotatable bonds is 2. The lowest BCUT2D eigenvalue weighted by Gasteiger charge is -2.20. The van der Waals surface area contributed by atoms with E-state index >= 15 is 0 Å². The number of aliphatic hydroxyl groups excluding tert-OH is 1. The quantitative estimate of drug-likeness (QED) is 0.840. The fraction of sp³-hybridized carbons (Fsp3) is 0.294. The highest BCUT2D eigenvalue weighted by atomic mass is 35.5. The standard InChI is InChI=1S/C17H19ClO/c1-17(2,3)14-8-4-12(5-9-14)16(19)13-6-10-15(18)11-7-13/h4-11,16,19H,1-3H3/t16-/m0/s1. The highest BCUT2D eigenvalue weighted by Gasteiger charge is 2.15. The number of hydrogen-bond donors (Lipinski definition) is 1. The molecule has 1 atom stereocenters. The van der Waals surface area contributed by atoms with Crippen LogP contribution in [0.3, 0.4) is 0 Å². The SMILES string of the molecule is CC(C)(C)c1ccc([C@H](O)c2ccc(Cl)cc2)cc1. The molecule has 0 aliphatic heterocycles. The first-order valence-electron chi connectivity index (χ1n) is 6.42. The highest BCUT2D eigenvalue weighted by molar-refractivity contribution is 6.30. The summed E-state index contributed by atoms with van der Waals surface area (Å²) >= 11 is 5.85. The van der Waals surface area contributed by atoms with Crippen molar-refractivity contribution in [3.8, 4) is 0 Å². The molecule has 19 heavy (non-hydrogen) atoms. The van der Waals surface area contributed by atoms with Gasteiger partial charge in [-0.15, -0.1) is 0 Å². The minimum atomic E-state index is -0.605. The van der Waals surface area contributed by atoms with E-state index in [0.29, 0.717) is 5.02 Å². The van der Waals surface area contributed by atoms with E-state index < -0.39 is 6.10 Å². The van der Waals surface area contributed by atoms with E-state index in [2.05, 4.69) is 32.9 Å². The average Bonchev–Trinajstić information content (AvgIpc) is 2.38. The van der Waals surface area contributed by atoms with E-state index in [0.717, 1.165) is 11.1 Å². The molecule has 0 saturated heterocycles. The van der Waals surface area contributed by atoms with Crippen LogP contribution < -0.4 is 0 Å². The summed E-state index contributed by atoms with van der Waals surface area (Å²) in [5, 5.41) is 11.0. The van der Waals surface area contributed by atoms with E-state index in [4.69, 9.17) is 11.6 Å². The predicted molar refractivity (Wildman–Crippen MR) is 80.7 cm³/mol. The molecule has 2 aromatic carbocycles. The van der Waals surface area contributed by atoms with Gasteiger partial charge in [0.05, 0.1) is 0 Å². The molecule has 0 aliphatic carbocycles. The first-order valence-corrected chi connectivity index (χ1v) is 6.80. The highest BCUT2D eigenvalue weighted by Crippen LogP contribution is 2.27. The maximum atomic E-state index is 10.3. The van der Waals surface area contributed by atoms with Crippen LogP contribution in [0.2, 0.25) is 5.02 Å². The molecule has 2 rings (SSSR count). The van der Waals surface area contributed by atoms with Gasteiger partial charge in [0.1, 0.15) is 6.10 Å². The zero-order chi connectivity index (χ0) is 14.0. The lowest BCUT2D eigenvalue weighted by atomic mass is 9.86. The molecular formula is C17H19ClO. The molecule has 2 aromatic rings. The molecule has 1 nitrogen and oxygen atoms in total. The van der Waals surface area contributed by atoms with Crippen LogP contribution in [0, 0.1) is 0 Å². The fourth-order valence-corrected chi connectivity index (χ4v) is 2.13. The fourth-order valence-electron chi connectivity index (χ4n) is 2.00. The maximum Gasteiger partial charge on any atom is 0.104 e. The second-order valence-corrected chi connectivity index (χ2v) is 6.26. The van der Waals surface area contributed by atoms with Gasteiger partial charge >= 0.3 is 0 Å². The van der Waals surface area contributed by atoms with Crippen molar-refractivity contribution in [3.05, 3.63) is 70.2 Å². The minimum Gasteiger partial charge on any atom is -0.384 e. The van der Waals surface area contributed by atoms with Crippen LogP contribution in [-0.2, 0) is 5.41 Å². The molecule has 0 bridgehead atoms. The Kier molecular flexibility index (Phi) is 3.98. The van der Waals surface area contributed by atoms with Crippen LogP contribution in [0.4, 0.5) is 0 Å². The van der Waals surface area contributed by atoms with Crippen LogP contribution in [0.15, 0.2) is 48.5 Å². The van der Waals surface area contributed by atoms with Crippen LogP contribution >= 0.6 is 11.6 Å². The Morgan fingerprint density at radius 1 is 0.842 bits per heavy atom. The smallest absolute Gasteiger partial charge is 0.104 e. The molecule has 0 amide bonds. The Balaban J connectivity index is 2.25. The van der Waals surface area contributed by atoms with Crippen molar-refractivity contribution < 1.29 is 5.11 Å². The van der Waals surface area contributed by atoms with E-state index in [1.807, 2.05) is 24.3 Å². The molecule has 0 heterocycles. The first kappa shape index (κ1) is 14.1. The van der Waals surface area contributed by atoms with Gasteiger partial charge < -0.3 is 5.11 Å². The summed E-state index contributed by atoms with van der Waals surface area (Å²) < 4.78 is 0. The molecule has 1 N–H and O–H groups in total. The van der Waals surface area contributed by atoms with E-state index in [9.17, 15) is 5.11 Å². The summed E-state index contributed by atoms with van der Waals surface area (Å²) in [6.07, 6.45) is -0.605. The second kappa shape index (κ2) is 5.36. The lowest BCUT2D eigenvalue weighted by Crippen LogP contribution is -2.11. The first-order chi connectivity index (χ1) is 8.88.